The summed E-state index contributed by atoms with van der Waals surface area (Å²) in [6.45, 7) is 18.5. The highest BCUT2D eigenvalue weighted by atomic mass is 79.9. The number of amides is 4. The van der Waals surface area contributed by atoms with Crippen molar-refractivity contribution in [1.29, 1.82) is 0 Å². The van der Waals surface area contributed by atoms with Crippen LogP contribution in [0.1, 0.15) is 138 Å². The maximum Gasteiger partial charge on any atom is 0.514 e. The largest absolute Gasteiger partial charge is 1.00 e. The van der Waals surface area contributed by atoms with Crippen molar-refractivity contribution < 1.29 is 56.3 Å². The van der Waals surface area contributed by atoms with Gasteiger partial charge in [0.15, 0.2) is 0 Å². The fourth-order valence-electron chi connectivity index (χ4n) is 9.07. The number of anilines is 2. The Morgan fingerprint density at radius 2 is 1.14 bits per heavy atom. The van der Waals surface area contributed by atoms with Crippen LogP contribution in [0.4, 0.5) is 21.0 Å². The number of carbonyl (C=O) groups excluding carboxylic acids is 5. The van der Waals surface area contributed by atoms with Crippen LogP contribution in [0.3, 0.4) is 0 Å². The topological polar surface area (TPSA) is 171 Å². The zero-order valence-corrected chi connectivity index (χ0v) is 47.3. The molecule has 0 saturated heterocycles. The lowest BCUT2D eigenvalue weighted by molar-refractivity contribution is -0.427. The number of fused-ring (bicyclic) bond motifs is 2. The van der Waals surface area contributed by atoms with Crippen molar-refractivity contribution in [1.82, 2.24) is 10.6 Å². The molecule has 16 heteroatoms. The number of hydrogen-bond acceptors (Lipinski definition) is 8. The van der Waals surface area contributed by atoms with E-state index in [-0.39, 0.29) is 44.1 Å². The minimum atomic E-state index is -1.01. The van der Waals surface area contributed by atoms with E-state index in [4.69, 9.17) is 14.2 Å². The van der Waals surface area contributed by atoms with Crippen LogP contribution in [-0.2, 0) is 43.1 Å². The molecular weight excluding hydrogens is 1090 g/mol. The van der Waals surface area contributed by atoms with Crippen LogP contribution in [0.5, 0.6) is 5.75 Å². The first-order valence-electron chi connectivity index (χ1n) is 24.3. The third-order valence-corrected chi connectivity index (χ3v) is 13.5. The first-order chi connectivity index (χ1) is 33.8. The van der Waals surface area contributed by atoms with Crippen molar-refractivity contribution in [2.75, 3.05) is 22.9 Å². The highest BCUT2D eigenvalue weighted by molar-refractivity contribution is 9.11. The number of quaternary nitrogens is 1. The second kappa shape index (κ2) is 26.2. The van der Waals surface area contributed by atoms with Crippen LogP contribution >= 0.6 is 31.9 Å². The molecule has 2 aliphatic rings. The van der Waals surface area contributed by atoms with E-state index in [1.165, 1.54) is 23.6 Å². The van der Waals surface area contributed by atoms with Crippen molar-refractivity contribution in [3.05, 3.63) is 156 Å². The third-order valence-electron chi connectivity index (χ3n) is 12.3. The van der Waals surface area contributed by atoms with Gasteiger partial charge in [-0.05, 0) is 181 Å². The summed E-state index contributed by atoms with van der Waals surface area (Å²) in [5.41, 5.74) is 13.5. The normalized spacial score (nSPS) is 15.3. The molecule has 0 aromatic heterocycles. The summed E-state index contributed by atoms with van der Waals surface area (Å²) in [4.78, 5) is 67.7. The number of ether oxygens (including phenoxy) is 3. The molecule has 7 rings (SSSR count). The van der Waals surface area contributed by atoms with Crippen molar-refractivity contribution in [2.45, 2.75) is 138 Å². The zero-order valence-electron chi connectivity index (χ0n) is 43.4. The SMILES string of the molecule is C.CC(=O)N1CC[C@@H](NC(=O)[C@H](Cc2c(C)cc(OC(=O)OC(C)(C)C)cc2C)NC(=O)OC(C)(C)C)c2cc(Cc3ccccc3)cc(Br)c21.CC(=O)N1CC[C@@H]([NH3+])c2cc(Cc3ccccc3)cc(Br)c21.[Cl-]. The van der Waals surface area contributed by atoms with E-state index < -0.39 is 41.4 Å². The number of benzene rings is 5. The molecule has 74 heavy (non-hydrogen) atoms. The van der Waals surface area contributed by atoms with Crippen molar-refractivity contribution >= 4 is 73.2 Å². The molecule has 0 saturated carbocycles. The highest BCUT2D eigenvalue weighted by Crippen LogP contribution is 2.42. The molecule has 5 aromatic rings. The van der Waals surface area contributed by atoms with E-state index in [0.717, 1.165) is 73.1 Å². The number of nitrogens with one attached hydrogen (secondary N) is 2. The Kier molecular flexibility index (Phi) is 21.5. The van der Waals surface area contributed by atoms with E-state index >= 15 is 0 Å². The van der Waals surface area contributed by atoms with Gasteiger partial charge in [-0.15, -0.1) is 0 Å². The summed E-state index contributed by atoms with van der Waals surface area (Å²) in [5, 5.41) is 5.98. The van der Waals surface area contributed by atoms with Gasteiger partial charge in [-0.25, -0.2) is 9.59 Å². The van der Waals surface area contributed by atoms with Crippen LogP contribution in [0, 0.1) is 13.8 Å². The van der Waals surface area contributed by atoms with Crippen LogP contribution in [-0.4, -0.2) is 60.3 Å². The molecular formula is C58H72Br2ClN5O8. The summed E-state index contributed by atoms with van der Waals surface area (Å²) in [6.07, 6.45) is 1.55. The molecule has 3 atom stereocenters. The molecule has 5 aromatic carbocycles. The molecule has 0 fully saturated rings. The number of aryl methyl sites for hydroxylation is 2. The Bertz CT molecular complexity index is 2780. The minimum Gasteiger partial charge on any atom is -1.00 e. The van der Waals surface area contributed by atoms with Crippen molar-refractivity contribution in [3.63, 3.8) is 0 Å². The summed E-state index contributed by atoms with van der Waals surface area (Å²) in [6, 6.07) is 31.1. The van der Waals surface area contributed by atoms with Crippen LogP contribution in [0.15, 0.2) is 106 Å². The summed E-state index contributed by atoms with van der Waals surface area (Å²) in [7, 11) is 0. The molecule has 2 aliphatic heterocycles. The maximum absolute atomic E-state index is 14.2. The van der Waals surface area contributed by atoms with E-state index in [1.54, 1.807) is 65.5 Å². The van der Waals surface area contributed by atoms with Crippen LogP contribution in [0.25, 0.3) is 0 Å². The standard InChI is InChI=1S/C39H48BrN3O7.C18H19BrN2O.CH4.ClH/c1-23-17-28(48-37(47)50-39(7,8)9)18-24(2)29(23)22-33(42-36(46)49-38(4,5)6)35(45)41-32-15-16-43(25(3)44)34-30(32)20-27(21-31(34)40)19-26-13-11-10-12-14-26;1-12(22)21-8-7-17(20)15-10-14(11-16(19)18(15)21)9-13-5-3-2-4-6-13;;/h10-14,17-18,20-21,32-33H,15-16,19,22H2,1-9H3,(H,41,45)(H,42,46);2-6,10-11,17H,7-9,20H2,1H3;1H4;1H/t32-,33+;17-;;/m11../s1. The number of carbonyl (C=O) groups is 5. The molecule has 4 amide bonds. The Labute approximate surface area is 460 Å². The van der Waals surface area contributed by atoms with Gasteiger partial charge in [-0.2, -0.15) is 0 Å². The van der Waals surface area contributed by atoms with Gasteiger partial charge >= 0.3 is 12.2 Å². The molecule has 0 unspecified atom stereocenters. The molecule has 2 heterocycles. The number of hydrogen-bond donors (Lipinski definition) is 3. The Morgan fingerprint density at radius 3 is 1.61 bits per heavy atom. The second-order valence-corrected chi connectivity index (χ2v) is 22.2. The van der Waals surface area contributed by atoms with Gasteiger partial charge in [-0.1, -0.05) is 74.2 Å². The first kappa shape index (κ1) is 60.8. The van der Waals surface area contributed by atoms with Gasteiger partial charge in [0.1, 0.15) is 29.0 Å². The Balaban J connectivity index is 0.000000411. The predicted molar refractivity (Wildman–Crippen MR) is 295 cm³/mol. The maximum atomic E-state index is 14.2. The predicted octanol–water partition coefficient (Wildman–Crippen LogP) is 8.74. The Hall–Kier alpha value is -5.74. The van der Waals surface area contributed by atoms with Gasteiger partial charge in [0.2, 0.25) is 17.7 Å². The fourth-order valence-corrected chi connectivity index (χ4v) is 10.5. The van der Waals surface area contributed by atoms with E-state index in [2.05, 4.69) is 96.8 Å². The van der Waals surface area contributed by atoms with Crippen LogP contribution in [0.2, 0.25) is 0 Å². The van der Waals surface area contributed by atoms with Gasteiger partial charge < -0.3 is 52.8 Å². The average Bonchev–Trinajstić information content (AvgIpc) is 3.27. The van der Waals surface area contributed by atoms with E-state index in [9.17, 15) is 24.0 Å². The Morgan fingerprint density at radius 1 is 0.676 bits per heavy atom. The van der Waals surface area contributed by atoms with E-state index in [0.29, 0.717) is 25.1 Å². The molecule has 398 valence electrons. The van der Waals surface area contributed by atoms with Gasteiger partial charge in [0, 0.05) is 54.3 Å². The van der Waals surface area contributed by atoms with E-state index in [1.807, 2.05) is 55.1 Å². The number of halogens is 3. The fraction of sp³-hybridized carbons (Fsp3) is 0.397. The number of rotatable bonds is 10. The van der Waals surface area contributed by atoms with Crippen molar-refractivity contribution in [3.8, 4) is 5.75 Å². The highest BCUT2D eigenvalue weighted by Gasteiger charge is 2.34. The lowest BCUT2D eigenvalue weighted by Gasteiger charge is -2.36. The smallest absolute Gasteiger partial charge is 0.514 e. The first-order valence-corrected chi connectivity index (χ1v) is 25.9. The number of nitrogens with zero attached hydrogens (tertiary/aromatic N) is 2. The monoisotopic (exact) mass is 1160 g/mol. The molecule has 0 aliphatic carbocycles. The zero-order chi connectivity index (χ0) is 52.7. The summed E-state index contributed by atoms with van der Waals surface area (Å²) < 4.78 is 18.0. The molecule has 5 N–H and O–H groups in total. The van der Waals surface area contributed by atoms with Gasteiger partial charge in [0.05, 0.1) is 17.4 Å². The lowest BCUT2D eigenvalue weighted by Crippen LogP contribution is -3.00. The minimum absolute atomic E-state index is 0. The average molecular weight is 1160 g/mol. The molecule has 0 spiro atoms. The molecule has 0 radical (unpaired) electrons. The second-order valence-electron chi connectivity index (χ2n) is 20.5. The third kappa shape index (κ3) is 16.6. The van der Waals surface area contributed by atoms with Gasteiger partial charge in [-0.3, -0.25) is 14.4 Å². The quantitative estimate of drug-likeness (QED) is 0.0921. The molecule has 13 nitrogen and oxygen atoms in total. The lowest BCUT2D eigenvalue weighted by atomic mass is 9.91. The van der Waals surface area contributed by atoms with Gasteiger partial charge in [0.25, 0.3) is 0 Å². The summed E-state index contributed by atoms with van der Waals surface area (Å²) >= 11 is 7.37. The number of alkyl carbamates (subject to hydrolysis) is 1. The van der Waals surface area contributed by atoms with Crippen LogP contribution < -0.4 is 43.3 Å². The van der Waals surface area contributed by atoms with Crippen molar-refractivity contribution in [2.24, 2.45) is 0 Å². The summed E-state index contributed by atoms with van der Waals surface area (Å²) in [5.74, 6) is -0.0999. The molecule has 0 bridgehead atoms.